The van der Waals surface area contributed by atoms with Gasteiger partial charge in [0.05, 0.1) is 5.56 Å². The van der Waals surface area contributed by atoms with Gasteiger partial charge in [-0.1, -0.05) is 6.07 Å². The lowest BCUT2D eigenvalue weighted by molar-refractivity contribution is 0.0587. The zero-order valence-corrected chi connectivity index (χ0v) is 10.9. The third-order valence-corrected chi connectivity index (χ3v) is 2.15. The molecule has 98 valence electrons. The Balaban J connectivity index is 2.90. The highest BCUT2D eigenvalue weighted by molar-refractivity contribution is 5.92. The molecule has 1 amide bonds. The highest BCUT2D eigenvalue weighted by Gasteiger charge is 2.20. The summed E-state index contributed by atoms with van der Waals surface area (Å²) in [5.74, 6) is -1.03. The van der Waals surface area contributed by atoms with Crippen molar-refractivity contribution in [1.29, 1.82) is 0 Å². The molecule has 0 unspecified atom stereocenters. The van der Waals surface area contributed by atoms with E-state index in [9.17, 15) is 9.59 Å². The third kappa shape index (κ3) is 3.76. The zero-order valence-electron chi connectivity index (χ0n) is 10.9. The van der Waals surface area contributed by atoms with Gasteiger partial charge in [0.1, 0.15) is 5.60 Å². The van der Waals surface area contributed by atoms with Gasteiger partial charge in [0.15, 0.2) is 0 Å². The quantitative estimate of drug-likeness (QED) is 0.877. The van der Waals surface area contributed by atoms with Gasteiger partial charge in [0.2, 0.25) is 0 Å². The van der Waals surface area contributed by atoms with E-state index in [4.69, 9.17) is 9.84 Å². The molecule has 0 saturated heterocycles. The topological polar surface area (TPSA) is 66.8 Å². The molecule has 1 aromatic carbocycles. The first-order valence-electron chi connectivity index (χ1n) is 5.51. The van der Waals surface area contributed by atoms with E-state index in [0.29, 0.717) is 5.69 Å². The van der Waals surface area contributed by atoms with Gasteiger partial charge in [-0.3, -0.25) is 4.90 Å². The van der Waals surface area contributed by atoms with Crippen molar-refractivity contribution in [3.63, 3.8) is 0 Å². The van der Waals surface area contributed by atoms with Crippen molar-refractivity contribution < 1.29 is 19.4 Å². The van der Waals surface area contributed by atoms with E-state index in [0.717, 1.165) is 0 Å². The molecule has 0 aliphatic heterocycles. The van der Waals surface area contributed by atoms with Crippen LogP contribution < -0.4 is 4.90 Å². The second kappa shape index (κ2) is 5.08. The van der Waals surface area contributed by atoms with Crippen LogP contribution in [-0.4, -0.2) is 29.8 Å². The van der Waals surface area contributed by atoms with E-state index in [-0.39, 0.29) is 5.56 Å². The van der Waals surface area contributed by atoms with Gasteiger partial charge >= 0.3 is 12.1 Å². The molecule has 0 aromatic heterocycles. The number of benzene rings is 1. The predicted molar refractivity (Wildman–Crippen MR) is 68.0 cm³/mol. The molecule has 5 nitrogen and oxygen atoms in total. The predicted octanol–water partition coefficient (Wildman–Crippen LogP) is 2.76. The van der Waals surface area contributed by atoms with Gasteiger partial charge < -0.3 is 9.84 Å². The molecule has 0 bridgehead atoms. The molecule has 0 aliphatic rings. The van der Waals surface area contributed by atoms with Crippen LogP contribution in [0.3, 0.4) is 0 Å². The lowest BCUT2D eigenvalue weighted by atomic mass is 10.2. The van der Waals surface area contributed by atoms with Crippen molar-refractivity contribution >= 4 is 17.7 Å². The van der Waals surface area contributed by atoms with Crippen molar-refractivity contribution in [1.82, 2.24) is 0 Å². The summed E-state index contributed by atoms with van der Waals surface area (Å²) >= 11 is 0. The van der Waals surface area contributed by atoms with Crippen LogP contribution in [0.1, 0.15) is 31.1 Å². The van der Waals surface area contributed by atoms with E-state index in [2.05, 4.69) is 0 Å². The average Bonchev–Trinajstić information content (AvgIpc) is 2.26. The minimum atomic E-state index is -1.03. The first kappa shape index (κ1) is 14.0. The van der Waals surface area contributed by atoms with E-state index in [1.54, 1.807) is 32.9 Å². The van der Waals surface area contributed by atoms with Crippen LogP contribution in [0.4, 0.5) is 10.5 Å². The molecule has 0 spiro atoms. The van der Waals surface area contributed by atoms with Gasteiger partial charge in [0, 0.05) is 12.7 Å². The fourth-order valence-corrected chi connectivity index (χ4v) is 1.28. The van der Waals surface area contributed by atoms with Crippen LogP contribution in [0.2, 0.25) is 0 Å². The smallest absolute Gasteiger partial charge is 0.414 e. The Morgan fingerprint density at radius 2 is 1.89 bits per heavy atom. The summed E-state index contributed by atoms with van der Waals surface area (Å²) in [5.41, 5.74) is 0.0162. The van der Waals surface area contributed by atoms with Crippen molar-refractivity contribution in [3.05, 3.63) is 29.8 Å². The molecule has 0 atom stereocenters. The average molecular weight is 251 g/mol. The Bertz CT molecular complexity index is 462. The number of carboxylic acids is 1. The molecular weight excluding hydrogens is 234 g/mol. The Hall–Kier alpha value is -2.04. The molecule has 0 saturated carbocycles. The van der Waals surface area contributed by atoms with Crippen LogP contribution >= 0.6 is 0 Å². The summed E-state index contributed by atoms with van der Waals surface area (Å²) in [4.78, 5) is 23.9. The number of carbonyl (C=O) groups is 2. The minimum absolute atomic E-state index is 0.128. The number of carbonyl (C=O) groups excluding carboxylic acids is 1. The number of anilines is 1. The number of ether oxygens (including phenoxy) is 1. The standard InChI is InChI=1S/C13H17NO4/c1-13(2,3)18-12(17)14(4)10-7-5-6-9(8-10)11(15)16/h5-8H,1-4H3,(H,15,16). The monoisotopic (exact) mass is 251 g/mol. The highest BCUT2D eigenvalue weighted by Crippen LogP contribution is 2.18. The highest BCUT2D eigenvalue weighted by atomic mass is 16.6. The molecule has 0 heterocycles. The lowest BCUT2D eigenvalue weighted by Gasteiger charge is -2.24. The van der Waals surface area contributed by atoms with Gasteiger partial charge in [-0.15, -0.1) is 0 Å². The molecule has 0 radical (unpaired) electrons. The Morgan fingerprint density at radius 1 is 1.28 bits per heavy atom. The molecule has 5 heteroatoms. The van der Waals surface area contributed by atoms with Gasteiger partial charge in [-0.2, -0.15) is 0 Å². The van der Waals surface area contributed by atoms with Crippen LogP contribution in [0, 0.1) is 0 Å². The minimum Gasteiger partial charge on any atom is -0.478 e. The zero-order chi connectivity index (χ0) is 13.9. The lowest BCUT2D eigenvalue weighted by Crippen LogP contribution is -2.34. The maximum Gasteiger partial charge on any atom is 0.414 e. The van der Waals surface area contributed by atoms with Crippen LogP contribution in [0.25, 0.3) is 0 Å². The number of hydrogen-bond donors (Lipinski definition) is 1. The summed E-state index contributed by atoms with van der Waals surface area (Å²) in [5, 5.41) is 8.88. The van der Waals surface area contributed by atoms with E-state index >= 15 is 0 Å². The molecule has 0 aliphatic carbocycles. The summed E-state index contributed by atoms with van der Waals surface area (Å²) in [7, 11) is 1.54. The second-order valence-corrected chi connectivity index (χ2v) is 4.89. The van der Waals surface area contributed by atoms with Crippen molar-refractivity contribution in [2.75, 3.05) is 11.9 Å². The first-order valence-corrected chi connectivity index (χ1v) is 5.51. The third-order valence-electron chi connectivity index (χ3n) is 2.15. The molecule has 18 heavy (non-hydrogen) atoms. The van der Waals surface area contributed by atoms with Crippen LogP contribution in [-0.2, 0) is 4.74 Å². The van der Waals surface area contributed by atoms with E-state index < -0.39 is 17.7 Å². The normalized spacial score (nSPS) is 10.9. The summed E-state index contributed by atoms with van der Waals surface area (Å²) in [6.07, 6.45) is -0.523. The maximum atomic E-state index is 11.8. The fraction of sp³-hybridized carbons (Fsp3) is 0.385. The number of nitrogens with zero attached hydrogens (tertiary/aromatic N) is 1. The maximum absolute atomic E-state index is 11.8. The van der Waals surface area contributed by atoms with Gasteiger partial charge in [-0.05, 0) is 39.0 Å². The number of amides is 1. The Morgan fingerprint density at radius 3 is 2.39 bits per heavy atom. The SMILES string of the molecule is CN(C(=O)OC(C)(C)C)c1cccc(C(=O)O)c1. The van der Waals surface area contributed by atoms with E-state index in [1.165, 1.54) is 24.1 Å². The van der Waals surface area contributed by atoms with Crippen LogP contribution in [0.5, 0.6) is 0 Å². The summed E-state index contributed by atoms with van der Waals surface area (Å²) in [6, 6.07) is 6.12. The number of aromatic carboxylic acids is 1. The second-order valence-electron chi connectivity index (χ2n) is 4.89. The van der Waals surface area contributed by atoms with Gasteiger partial charge in [0.25, 0.3) is 0 Å². The number of carboxylic acid groups (broad SMARTS) is 1. The largest absolute Gasteiger partial charge is 0.478 e. The molecular formula is C13H17NO4. The van der Waals surface area contributed by atoms with E-state index in [1.807, 2.05) is 0 Å². The van der Waals surface area contributed by atoms with Gasteiger partial charge in [-0.25, -0.2) is 9.59 Å². The van der Waals surface area contributed by atoms with Crippen molar-refractivity contribution in [2.24, 2.45) is 0 Å². The molecule has 1 rings (SSSR count). The van der Waals surface area contributed by atoms with Crippen LogP contribution in [0.15, 0.2) is 24.3 Å². The Labute approximate surface area is 106 Å². The Kier molecular flexibility index (Phi) is 3.96. The van der Waals surface area contributed by atoms with Crippen molar-refractivity contribution in [3.8, 4) is 0 Å². The number of hydrogen-bond acceptors (Lipinski definition) is 3. The molecule has 1 N–H and O–H groups in total. The molecule has 1 aromatic rings. The fourth-order valence-electron chi connectivity index (χ4n) is 1.28. The molecule has 0 fully saturated rings. The van der Waals surface area contributed by atoms with Crippen molar-refractivity contribution in [2.45, 2.75) is 26.4 Å². The number of rotatable bonds is 2. The summed E-state index contributed by atoms with van der Waals surface area (Å²) < 4.78 is 5.19. The first-order chi connectivity index (χ1) is 8.20. The summed E-state index contributed by atoms with van der Waals surface area (Å²) in [6.45, 7) is 5.31.